The second kappa shape index (κ2) is 7.91. The Morgan fingerprint density at radius 2 is 1.82 bits per heavy atom. The van der Waals surface area contributed by atoms with Crippen molar-refractivity contribution in [3.8, 4) is 12.3 Å². The Bertz CT molecular complexity index is 325. The van der Waals surface area contributed by atoms with E-state index in [1.54, 1.807) is 12.2 Å². The van der Waals surface area contributed by atoms with Crippen molar-refractivity contribution < 1.29 is 19.1 Å². The van der Waals surface area contributed by atoms with Crippen molar-refractivity contribution in [3.05, 3.63) is 12.2 Å². The highest BCUT2D eigenvalue weighted by Crippen LogP contribution is 2.30. The van der Waals surface area contributed by atoms with Gasteiger partial charge in [-0.1, -0.05) is 28.1 Å². The van der Waals surface area contributed by atoms with Gasteiger partial charge in [0, 0.05) is 11.8 Å². The number of halogens is 1. The van der Waals surface area contributed by atoms with Gasteiger partial charge in [0.1, 0.15) is 0 Å². The molecule has 0 unspecified atom stereocenters. The van der Waals surface area contributed by atoms with Crippen LogP contribution in [-0.2, 0) is 19.1 Å². The number of rotatable bonds is 6. The van der Waals surface area contributed by atoms with Crippen LogP contribution in [0.1, 0.15) is 12.8 Å². The molecule has 0 radical (unpaired) electrons. The minimum atomic E-state index is -1.45. The minimum absolute atomic E-state index is 0.0566. The molecule has 17 heavy (non-hydrogen) atoms. The van der Waals surface area contributed by atoms with E-state index in [0.29, 0.717) is 5.33 Å². The maximum absolute atomic E-state index is 11.8. The van der Waals surface area contributed by atoms with E-state index in [0.717, 1.165) is 0 Å². The summed E-state index contributed by atoms with van der Waals surface area (Å²) in [6.45, 7) is 0. The first kappa shape index (κ1) is 15.7. The highest BCUT2D eigenvalue weighted by molar-refractivity contribution is 9.09. The summed E-state index contributed by atoms with van der Waals surface area (Å²) >= 11 is 3.20. The molecule has 0 saturated heterocycles. The first-order chi connectivity index (χ1) is 8.08. The topological polar surface area (TPSA) is 52.6 Å². The highest BCUT2D eigenvalue weighted by Gasteiger charge is 2.46. The predicted molar refractivity (Wildman–Crippen MR) is 67.5 cm³/mol. The number of carbonyl (C=O) groups is 2. The maximum atomic E-state index is 11.8. The highest BCUT2D eigenvalue weighted by atomic mass is 79.9. The lowest BCUT2D eigenvalue weighted by Crippen LogP contribution is -2.40. The molecular formula is C12H15BrO4. The fourth-order valence-corrected chi connectivity index (χ4v) is 1.64. The molecule has 0 amide bonds. The number of hydrogen-bond acceptors (Lipinski definition) is 4. The first-order valence-corrected chi connectivity index (χ1v) is 6.02. The zero-order valence-corrected chi connectivity index (χ0v) is 11.5. The van der Waals surface area contributed by atoms with Gasteiger partial charge in [0.2, 0.25) is 0 Å². The van der Waals surface area contributed by atoms with Crippen molar-refractivity contribution in [2.75, 3.05) is 19.5 Å². The van der Waals surface area contributed by atoms with Gasteiger partial charge in [0.15, 0.2) is 5.41 Å². The Morgan fingerprint density at radius 1 is 1.29 bits per heavy atom. The Balaban J connectivity index is 5.25. The quantitative estimate of drug-likeness (QED) is 0.246. The number of hydrogen-bond donors (Lipinski definition) is 0. The smallest absolute Gasteiger partial charge is 0.324 e. The van der Waals surface area contributed by atoms with Gasteiger partial charge in [0.25, 0.3) is 0 Å². The Morgan fingerprint density at radius 3 is 2.18 bits per heavy atom. The van der Waals surface area contributed by atoms with Crippen LogP contribution in [0.5, 0.6) is 0 Å². The molecule has 0 fully saturated rings. The summed E-state index contributed by atoms with van der Waals surface area (Å²) < 4.78 is 9.28. The number of esters is 2. The number of ether oxygens (including phenoxy) is 2. The van der Waals surface area contributed by atoms with Crippen molar-refractivity contribution in [2.24, 2.45) is 5.41 Å². The van der Waals surface area contributed by atoms with E-state index in [4.69, 9.17) is 6.42 Å². The molecule has 0 aromatic carbocycles. The van der Waals surface area contributed by atoms with Crippen LogP contribution in [0.25, 0.3) is 0 Å². The van der Waals surface area contributed by atoms with E-state index >= 15 is 0 Å². The van der Waals surface area contributed by atoms with Gasteiger partial charge >= 0.3 is 11.9 Å². The lowest BCUT2D eigenvalue weighted by molar-refractivity contribution is -0.168. The van der Waals surface area contributed by atoms with Gasteiger partial charge in [-0.25, -0.2) is 0 Å². The number of alkyl halides is 1. The third-order valence-electron chi connectivity index (χ3n) is 2.28. The molecule has 5 heteroatoms. The van der Waals surface area contributed by atoms with Crippen LogP contribution in [0.15, 0.2) is 12.2 Å². The maximum Gasteiger partial charge on any atom is 0.324 e. The summed E-state index contributed by atoms with van der Waals surface area (Å²) in [5, 5.41) is 0.626. The molecule has 0 aliphatic rings. The number of methoxy groups -OCH3 is 2. The molecule has 0 atom stereocenters. The second-order valence-corrected chi connectivity index (χ2v) is 3.92. The summed E-state index contributed by atoms with van der Waals surface area (Å²) in [5.74, 6) is 0.960. The SMILES string of the molecule is C#CCC(C/C=C/CBr)(C(=O)OC)C(=O)OC. The third-order valence-corrected chi connectivity index (χ3v) is 2.65. The molecule has 4 nitrogen and oxygen atoms in total. The fourth-order valence-electron chi connectivity index (χ4n) is 1.38. The summed E-state index contributed by atoms with van der Waals surface area (Å²) in [6, 6.07) is 0. The van der Waals surface area contributed by atoms with Crippen LogP contribution in [-0.4, -0.2) is 31.5 Å². The summed E-state index contributed by atoms with van der Waals surface area (Å²) in [5.41, 5.74) is -1.45. The van der Waals surface area contributed by atoms with Crippen LogP contribution in [0.2, 0.25) is 0 Å². The summed E-state index contributed by atoms with van der Waals surface area (Å²) in [4.78, 5) is 23.5. The Hall–Kier alpha value is -1.28. The molecule has 94 valence electrons. The molecule has 0 N–H and O–H groups in total. The van der Waals surface area contributed by atoms with Gasteiger partial charge in [-0.2, -0.15) is 0 Å². The van der Waals surface area contributed by atoms with Crippen LogP contribution < -0.4 is 0 Å². The standard InChI is InChI=1S/C12H15BrO4/c1-4-7-12(10(14)16-2,11(15)17-3)8-5-6-9-13/h1,5-6H,7-9H2,2-3H3/b6-5+. The van der Waals surface area contributed by atoms with Gasteiger partial charge in [-0.05, 0) is 6.42 Å². The van der Waals surface area contributed by atoms with E-state index in [9.17, 15) is 9.59 Å². The van der Waals surface area contributed by atoms with Gasteiger partial charge in [-0.15, -0.1) is 12.3 Å². The molecule has 0 heterocycles. The van der Waals surface area contributed by atoms with Crippen molar-refractivity contribution in [2.45, 2.75) is 12.8 Å². The summed E-state index contributed by atoms with van der Waals surface area (Å²) in [6.07, 6.45) is 8.77. The average Bonchev–Trinajstić information content (AvgIpc) is 2.35. The van der Waals surface area contributed by atoms with Crippen LogP contribution >= 0.6 is 15.9 Å². The van der Waals surface area contributed by atoms with E-state index in [1.807, 2.05) is 0 Å². The summed E-state index contributed by atoms with van der Waals surface area (Å²) in [7, 11) is 2.43. The zero-order chi connectivity index (χ0) is 13.3. The molecule has 0 saturated carbocycles. The normalized spacial score (nSPS) is 10.9. The van der Waals surface area contributed by atoms with Crippen LogP contribution in [0.3, 0.4) is 0 Å². The number of carbonyl (C=O) groups excluding carboxylic acids is 2. The largest absolute Gasteiger partial charge is 0.468 e. The lowest BCUT2D eigenvalue weighted by Gasteiger charge is -2.24. The molecule has 0 aromatic rings. The second-order valence-electron chi connectivity index (χ2n) is 3.28. The number of allylic oxidation sites excluding steroid dienone is 2. The van der Waals surface area contributed by atoms with Crippen LogP contribution in [0, 0.1) is 17.8 Å². The molecule has 0 rings (SSSR count). The molecule has 0 spiro atoms. The van der Waals surface area contributed by atoms with Gasteiger partial charge in [-0.3, -0.25) is 9.59 Å². The molecule has 0 bridgehead atoms. The van der Waals surface area contributed by atoms with Crippen molar-refractivity contribution in [3.63, 3.8) is 0 Å². The van der Waals surface area contributed by atoms with Crippen molar-refractivity contribution in [1.82, 2.24) is 0 Å². The van der Waals surface area contributed by atoms with Crippen molar-refractivity contribution >= 4 is 27.9 Å². The van der Waals surface area contributed by atoms with E-state index in [2.05, 4.69) is 31.3 Å². The van der Waals surface area contributed by atoms with Gasteiger partial charge < -0.3 is 9.47 Å². The first-order valence-electron chi connectivity index (χ1n) is 4.90. The van der Waals surface area contributed by atoms with Crippen LogP contribution in [0.4, 0.5) is 0 Å². The average molecular weight is 303 g/mol. The van der Waals surface area contributed by atoms with E-state index in [-0.39, 0.29) is 12.8 Å². The monoisotopic (exact) mass is 302 g/mol. The molecule has 0 aliphatic heterocycles. The third kappa shape index (κ3) is 3.90. The fraction of sp³-hybridized carbons (Fsp3) is 0.500. The zero-order valence-electron chi connectivity index (χ0n) is 9.86. The minimum Gasteiger partial charge on any atom is -0.468 e. The lowest BCUT2D eigenvalue weighted by atomic mass is 9.81. The molecule has 0 aromatic heterocycles. The van der Waals surface area contributed by atoms with Gasteiger partial charge in [0.05, 0.1) is 14.2 Å². The Kier molecular flexibility index (Phi) is 7.31. The van der Waals surface area contributed by atoms with E-state index in [1.165, 1.54) is 14.2 Å². The molecular weight excluding hydrogens is 288 g/mol. The van der Waals surface area contributed by atoms with Crippen molar-refractivity contribution in [1.29, 1.82) is 0 Å². The molecule has 0 aliphatic carbocycles. The van der Waals surface area contributed by atoms with E-state index < -0.39 is 17.4 Å². The predicted octanol–water partition coefficient (Wildman–Crippen LogP) is 1.68. The number of terminal acetylenes is 1. The Labute approximate surface area is 109 Å².